The summed E-state index contributed by atoms with van der Waals surface area (Å²) in [5.41, 5.74) is 1.79. The lowest BCUT2D eigenvalue weighted by atomic mass is 9.69. The van der Waals surface area contributed by atoms with Crippen molar-refractivity contribution in [3.63, 3.8) is 0 Å². The second-order valence-corrected chi connectivity index (χ2v) is 7.04. The molecule has 1 aliphatic carbocycles. The third-order valence-electron chi connectivity index (χ3n) is 5.44. The highest BCUT2D eigenvalue weighted by Gasteiger charge is 2.31. The number of hydrogen-bond donors (Lipinski definition) is 1. The Bertz CT molecular complexity index is 624. The maximum Gasteiger partial charge on any atom is 0.335 e. The molecule has 0 saturated heterocycles. The lowest BCUT2D eigenvalue weighted by Gasteiger charge is -2.36. The van der Waals surface area contributed by atoms with Crippen LogP contribution in [0.3, 0.4) is 0 Å². The van der Waals surface area contributed by atoms with Gasteiger partial charge in [-0.2, -0.15) is 0 Å². The summed E-state index contributed by atoms with van der Waals surface area (Å²) in [5, 5.41) is 9.27. The summed E-state index contributed by atoms with van der Waals surface area (Å²) in [6, 6.07) is 0. The minimum atomic E-state index is -0.924. The Kier molecular flexibility index (Phi) is 5.81. The molecule has 0 aromatic heterocycles. The Labute approximate surface area is 143 Å². The van der Waals surface area contributed by atoms with Crippen molar-refractivity contribution in [2.75, 3.05) is 6.61 Å². The first kappa shape index (κ1) is 18.2. The Balaban J connectivity index is 2.13. The maximum atomic E-state index is 11.6. The van der Waals surface area contributed by atoms with E-state index < -0.39 is 5.97 Å². The van der Waals surface area contributed by atoms with Crippen LogP contribution in [0.15, 0.2) is 47.6 Å². The fraction of sp³-hybridized carbons (Fsp3) is 0.500. The van der Waals surface area contributed by atoms with Crippen LogP contribution in [0.25, 0.3) is 0 Å². The van der Waals surface area contributed by atoms with Crippen LogP contribution in [0.1, 0.15) is 46.0 Å². The second kappa shape index (κ2) is 7.65. The van der Waals surface area contributed by atoms with E-state index in [0.717, 1.165) is 31.3 Å². The van der Waals surface area contributed by atoms with Gasteiger partial charge in [-0.3, -0.25) is 0 Å². The highest BCUT2D eigenvalue weighted by atomic mass is 16.5. The summed E-state index contributed by atoms with van der Waals surface area (Å²) in [6.07, 6.45) is 11.4. The fourth-order valence-corrected chi connectivity index (χ4v) is 3.28. The van der Waals surface area contributed by atoms with E-state index in [2.05, 4.69) is 20.4 Å². The molecule has 0 aromatic rings. The molecule has 0 saturated carbocycles. The number of hydrogen-bond acceptors (Lipinski definition) is 3. The number of carboxylic acid groups (broad SMARTS) is 1. The maximum absolute atomic E-state index is 11.6. The molecule has 4 nitrogen and oxygen atoms in total. The molecular formula is C20H26O4. The van der Waals surface area contributed by atoms with Gasteiger partial charge in [0.25, 0.3) is 0 Å². The minimum absolute atomic E-state index is 0.0507. The van der Waals surface area contributed by atoms with Crippen molar-refractivity contribution in [1.82, 2.24) is 0 Å². The number of rotatable bonds is 4. The first-order valence-electron chi connectivity index (χ1n) is 8.48. The van der Waals surface area contributed by atoms with Gasteiger partial charge in [0.1, 0.15) is 6.61 Å². The molecular weight excluding hydrogens is 304 g/mol. The number of esters is 1. The molecule has 0 bridgehead atoms. The number of ether oxygens (including phenoxy) is 1. The predicted octanol–water partition coefficient (Wildman–Crippen LogP) is 4.20. The number of carboxylic acids is 1. The molecule has 0 fully saturated rings. The molecule has 1 heterocycles. The third-order valence-corrected chi connectivity index (χ3v) is 5.44. The van der Waals surface area contributed by atoms with Crippen LogP contribution in [0.4, 0.5) is 0 Å². The molecule has 2 aliphatic rings. The van der Waals surface area contributed by atoms with Gasteiger partial charge < -0.3 is 9.84 Å². The Morgan fingerprint density at radius 3 is 2.88 bits per heavy atom. The summed E-state index contributed by atoms with van der Waals surface area (Å²) in [7, 11) is 0. The van der Waals surface area contributed by atoms with Crippen molar-refractivity contribution >= 4 is 11.9 Å². The van der Waals surface area contributed by atoms with Crippen LogP contribution in [0, 0.1) is 11.3 Å². The topological polar surface area (TPSA) is 63.6 Å². The zero-order chi connectivity index (χ0) is 17.7. The Hall–Kier alpha value is -2.10. The number of cyclic esters (lactones) is 1. The van der Waals surface area contributed by atoms with Crippen LogP contribution in [0.5, 0.6) is 0 Å². The highest BCUT2D eigenvalue weighted by Crippen LogP contribution is 2.41. The molecule has 0 amide bonds. The van der Waals surface area contributed by atoms with Gasteiger partial charge in [-0.15, -0.1) is 0 Å². The Morgan fingerprint density at radius 2 is 2.25 bits per heavy atom. The van der Waals surface area contributed by atoms with Crippen LogP contribution < -0.4 is 0 Å². The van der Waals surface area contributed by atoms with Crippen LogP contribution in [-0.4, -0.2) is 23.7 Å². The van der Waals surface area contributed by atoms with E-state index in [0.29, 0.717) is 30.1 Å². The number of carbonyl (C=O) groups excluding carboxylic acids is 1. The van der Waals surface area contributed by atoms with Crippen molar-refractivity contribution in [3.8, 4) is 0 Å². The monoisotopic (exact) mass is 330 g/mol. The molecule has 1 aliphatic heterocycles. The largest absolute Gasteiger partial charge is 0.478 e. The van der Waals surface area contributed by atoms with E-state index in [1.165, 1.54) is 0 Å². The average Bonchev–Trinajstić information content (AvgIpc) is 2.94. The summed E-state index contributed by atoms with van der Waals surface area (Å²) in [4.78, 5) is 22.9. The molecule has 24 heavy (non-hydrogen) atoms. The SMILES string of the molecule is C=C1CCC(C)C(C)(CCC2=CCOC2=O)C/C=C/C=C\1C(=O)O. The van der Waals surface area contributed by atoms with E-state index in [-0.39, 0.29) is 11.4 Å². The van der Waals surface area contributed by atoms with Gasteiger partial charge in [-0.1, -0.05) is 32.6 Å². The summed E-state index contributed by atoms with van der Waals surface area (Å²) >= 11 is 0. The molecule has 0 radical (unpaired) electrons. The summed E-state index contributed by atoms with van der Waals surface area (Å²) < 4.78 is 4.97. The standard InChI is InChI=1S/C20H26O4/c1-14-7-8-15(2)20(3,11-5-4-6-17(14)18(21)22)12-9-16-10-13-24-19(16)23/h4-6,10,15H,1,7-9,11-13H2,2-3H3,(H,21,22)/b5-4+,17-6+. The first-order chi connectivity index (χ1) is 11.3. The fourth-order valence-electron chi connectivity index (χ4n) is 3.28. The third kappa shape index (κ3) is 4.25. The quantitative estimate of drug-likeness (QED) is 0.785. The smallest absolute Gasteiger partial charge is 0.335 e. The lowest BCUT2D eigenvalue weighted by Crippen LogP contribution is -2.26. The van der Waals surface area contributed by atoms with E-state index >= 15 is 0 Å². The van der Waals surface area contributed by atoms with Crippen LogP contribution in [-0.2, 0) is 14.3 Å². The van der Waals surface area contributed by atoms with Crippen molar-refractivity contribution in [2.45, 2.75) is 46.0 Å². The first-order valence-corrected chi connectivity index (χ1v) is 8.48. The number of carbonyl (C=O) groups is 2. The van der Waals surface area contributed by atoms with Gasteiger partial charge in [0.2, 0.25) is 0 Å². The number of aliphatic carboxylic acids is 1. The van der Waals surface area contributed by atoms with E-state index in [4.69, 9.17) is 4.74 Å². The van der Waals surface area contributed by atoms with Crippen molar-refractivity contribution in [1.29, 1.82) is 0 Å². The zero-order valence-electron chi connectivity index (χ0n) is 14.5. The molecule has 2 atom stereocenters. The van der Waals surface area contributed by atoms with Crippen molar-refractivity contribution in [3.05, 3.63) is 47.6 Å². The highest BCUT2D eigenvalue weighted by molar-refractivity contribution is 5.92. The van der Waals surface area contributed by atoms with Crippen LogP contribution in [0.2, 0.25) is 0 Å². The van der Waals surface area contributed by atoms with E-state index in [9.17, 15) is 14.7 Å². The molecule has 2 rings (SSSR count). The van der Waals surface area contributed by atoms with Gasteiger partial charge in [0.15, 0.2) is 0 Å². The lowest BCUT2D eigenvalue weighted by molar-refractivity contribution is -0.136. The molecule has 130 valence electrons. The minimum Gasteiger partial charge on any atom is -0.478 e. The van der Waals surface area contributed by atoms with Crippen molar-refractivity contribution < 1.29 is 19.4 Å². The van der Waals surface area contributed by atoms with Crippen molar-refractivity contribution in [2.24, 2.45) is 11.3 Å². The van der Waals surface area contributed by atoms with Gasteiger partial charge in [0.05, 0.1) is 5.57 Å². The summed E-state index contributed by atoms with van der Waals surface area (Å²) in [5.74, 6) is -0.721. The van der Waals surface area contributed by atoms with E-state index in [1.807, 2.05) is 18.2 Å². The second-order valence-electron chi connectivity index (χ2n) is 7.04. The molecule has 1 N–H and O–H groups in total. The predicted molar refractivity (Wildman–Crippen MR) is 93.4 cm³/mol. The Morgan fingerprint density at radius 1 is 1.50 bits per heavy atom. The molecule has 4 heteroatoms. The number of allylic oxidation sites excluding steroid dienone is 3. The average molecular weight is 330 g/mol. The zero-order valence-corrected chi connectivity index (χ0v) is 14.5. The van der Waals surface area contributed by atoms with Gasteiger partial charge in [0, 0.05) is 5.57 Å². The van der Waals surface area contributed by atoms with E-state index in [1.54, 1.807) is 6.08 Å². The van der Waals surface area contributed by atoms with Gasteiger partial charge in [-0.25, -0.2) is 9.59 Å². The molecule has 0 aromatic carbocycles. The molecule has 2 unspecified atom stereocenters. The van der Waals surface area contributed by atoms with Gasteiger partial charge in [-0.05, 0) is 61.2 Å². The molecule has 0 spiro atoms. The normalized spacial score (nSPS) is 31.7. The van der Waals surface area contributed by atoms with Gasteiger partial charge >= 0.3 is 11.9 Å². The van der Waals surface area contributed by atoms with Crippen LogP contribution >= 0.6 is 0 Å². The summed E-state index contributed by atoms with van der Waals surface area (Å²) in [6.45, 7) is 8.78.